The number of hydrogen-bond donors (Lipinski definition) is 1. The number of halogens is 1. The Kier molecular flexibility index (Phi) is 1.71. The largest absolute Gasteiger partial charge is 0.381 e. The van der Waals surface area contributed by atoms with Crippen LogP contribution >= 0.6 is 0 Å². The van der Waals surface area contributed by atoms with Crippen LogP contribution in [-0.2, 0) is 0 Å². The lowest BCUT2D eigenvalue weighted by Gasteiger charge is -2.02. The first-order valence-electron chi connectivity index (χ1n) is 4.39. The molecular formula is C9H12FN3. The van der Waals surface area contributed by atoms with Crippen LogP contribution in [0.15, 0.2) is 0 Å². The summed E-state index contributed by atoms with van der Waals surface area (Å²) in [5.74, 6) is 1.19. The number of nitrogens with two attached hydrogens (primary N) is 1. The molecule has 2 rings (SSSR count). The number of aromatic nitrogens is 2. The molecule has 0 bridgehead atoms. The number of nitrogen functional groups attached to an aromatic ring is 1. The van der Waals surface area contributed by atoms with Gasteiger partial charge in [0.15, 0.2) is 11.6 Å². The van der Waals surface area contributed by atoms with Crippen LogP contribution in [0, 0.1) is 18.7 Å². The summed E-state index contributed by atoms with van der Waals surface area (Å²) in [5.41, 5.74) is 5.76. The standard InChI is InChI=1S/C9H12FN3/c1-4-3-6(4)9-12-5(2)7(10)8(11)13-9/h4,6H,3H2,1-2H3,(H2,11,12,13). The first kappa shape index (κ1) is 8.41. The third-order valence-corrected chi connectivity index (χ3v) is 2.50. The van der Waals surface area contributed by atoms with Gasteiger partial charge in [0.2, 0.25) is 0 Å². The van der Waals surface area contributed by atoms with E-state index in [1.165, 1.54) is 0 Å². The number of hydrogen-bond acceptors (Lipinski definition) is 3. The van der Waals surface area contributed by atoms with Gasteiger partial charge in [-0.3, -0.25) is 0 Å². The Labute approximate surface area is 76.2 Å². The van der Waals surface area contributed by atoms with Crippen molar-refractivity contribution in [2.24, 2.45) is 5.92 Å². The third-order valence-electron chi connectivity index (χ3n) is 2.50. The van der Waals surface area contributed by atoms with Crippen LogP contribution in [0.2, 0.25) is 0 Å². The summed E-state index contributed by atoms with van der Waals surface area (Å²) in [4.78, 5) is 8.02. The summed E-state index contributed by atoms with van der Waals surface area (Å²) in [5, 5.41) is 0. The van der Waals surface area contributed by atoms with Gasteiger partial charge < -0.3 is 5.73 Å². The first-order chi connectivity index (χ1) is 6.09. The van der Waals surface area contributed by atoms with Gasteiger partial charge in [0, 0.05) is 5.92 Å². The molecule has 0 aromatic carbocycles. The average Bonchev–Trinajstić information content (AvgIpc) is 2.77. The van der Waals surface area contributed by atoms with E-state index in [9.17, 15) is 4.39 Å². The summed E-state index contributed by atoms with van der Waals surface area (Å²) in [6.07, 6.45) is 1.09. The molecule has 1 fully saturated rings. The van der Waals surface area contributed by atoms with Crippen LogP contribution < -0.4 is 5.73 Å². The maximum atomic E-state index is 13.0. The van der Waals surface area contributed by atoms with Crippen molar-refractivity contribution >= 4 is 5.82 Å². The molecule has 0 saturated heterocycles. The van der Waals surface area contributed by atoms with Gasteiger partial charge in [-0.1, -0.05) is 6.92 Å². The second-order valence-electron chi connectivity index (χ2n) is 3.69. The lowest BCUT2D eigenvalue weighted by molar-refractivity contribution is 0.601. The minimum atomic E-state index is -0.489. The minimum absolute atomic E-state index is 0.0263. The molecule has 0 aliphatic heterocycles. The molecule has 1 heterocycles. The predicted molar refractivity (Wildman–Crippen MR) is 47.7 cm³/mol. The Morgan fingerprint density at radius 1 is 1.46 bits per heavy atom. The maximum Gasteiger partial charge on any atom is 0.186 e. The zero-order chi connectivity index (χ0) is 9.59. The number of rotatable bonds is 1. The van der Waals surface area contributed by atoms with Gasteiger partial charge in [0.05, 0.1) is 5.69 Å². The lowest BCUT2D eigenvalue weighted by atomic mass is 10.3. The Hall–Kier alpha value is -1.19. The molecule has 2 atom stereocenters. The molecule has 1 saturated carbocycles. The molecule has 0 spiro atoms. The van der Waals surface area contributed by atoms with Crippen LogP contribution in [0.4, 0.5) is 10.2 Å². The molecule has 0 amide bonds. The van der Waals surface area contributed by atoms with Crippen LogP contribution in [-0.4, -0.2) is 9.97 Å². The number of aryl methyl sites for hydroxylation is 1. The van der Waals surface area contributed by atoms with E-state index >= 15 is 0 Å². The van der Waals surface area contributed by atoms with Crippen molar-refractivity contribution < 1.29 is 4.39 Å². The number of anilines is 1. The molecule has 2 N–H and O–H groups in total. The normalized spacial score (nSPS) is 26.1. The van der Waals surface area contributed by atoms with E-state index in [1.54, 1.807) is 6.92 Å². The third kappa shape index (κ3) is 1.36. The van der Waals surface area contributed by atoms with Gasteiger partial charge in [0.25, 0.3) is 0 Å². The van der Waals surface area contributed by atoms with Crippen molar-refractivity contribution in [3.63, 3.8) is 0 Å². The smallest absolute Gasteiger partial charge is 0.186 e. The van der Waals surface area contributed by atoms with Crippen molar-refractivity contribution in [2.45, 2.75) is 26.2 Å². The van der Waals surface area contributed by atoms with Crippen molar-refractivity contribution in [1.82, 2.24) is 9.97 Å². The highest BCUT2D eigenvalue weighted by Crippen LogP contribution is 2.45. The molecule has 3 nitrogen and oxygen atoms in total. The molecule has 0 radical (unpaired) electrons. The molecule has 4 heteroatoms. The van der Waals surface area contributed by atoms with Gasteiger partial charge >= 0.3 is 0 Å². The summed E-state index contributed by atoms with van der Waals surface area (Å²) in [6, 6.07) is 0. The van der Waals surface area contributed by atoms with E-state index in [0.717, 1.165) is 6.42 Å². The first-order valence-corrected chi connectivity index (χ1v) is 4.39. The van der Waals surface area contributed by atoms with E-state index in [0.29, 0.717) is 23.4 Å². The van der Waals surface area contributed by atoms with E-state index in [4.69, 9.17) is 5.73 Å². The molecule has 1 aliphatic carbocycles. The Bertz CT molecular complexity index is 328. The highest BCUT2D eigenvalue weighted by molar-refractivity contribution is 5.33. The average molecular weight is 181 g/mol. The fourth-order valence-electron chi connectivity index (χ4n) is 1.45. The molecular weight excluding hydrogens is 169 g/mol. The molecule has 2 unspecified atom stereocenters. The fraction of sp³-hybridized carbons (Fsp3) is 0.556. The second-order valence-corrected chi connectivity index (χ2v) is 3.69. The molecule has 1 aromatic heterocycles. The van der Waals surface area contributed by atoms with Gasteiger partial charge in [-0.2, -0.15) is 0 Å². The van der Waals surface area contributed by atoms with Crippen molar-refractivity contribution in [1.29, 1.82) is 0 Å². The molecule has 1 aromatic rings. The fourth-order valence-corrected chi connectivity index (χ4v) is 1.45. The van der Waals surface area contributed by atoms with Crippen molar-refractivity contribution in [3.8, 4) is 0 Å². The zero-order valence-electron chi connectivity index (χ0n) is 7.71. The van der Waals surface area contributed by atoms with E-state index in [-0.39, 0.29) is 5.82 Å². The second kappa shape index (κ2) is 2.65. The van der Waals surface area contributed by atoms with Crippen molar-refractivity contribution in [2.75, 3.05) is 5.73 Å². The van der Waals surface area contributed by atoms with Gasteiger partial charge in [0.1, 0.15) is 5.82 Å². The van der Waals surface area contributed by atoms with E-state index in [1.807, 2.05) is 0 Å². The van der Waals surface area contributed by atoms with E-state index in [2.05, 4.69) is 16.9 Å². The maximum absolute atomic E-state index is 13.0. The van der Waals surface area contributed by atoms with E-state index < -0.39 is 5.82 Å². The summed E-state index contributed by atoms with van der Waals surface area (Å²) in [7, 11) is 0. The van der Waals surface area contributed by atoms with Crippen LogP contribution in [0.1, 0.15) is 30.8 Å². The highest BCUT2D eigenvalue weighted by atomic mass is 19.1. The Morgan fingerprint density at radius 2 is 2.08 bits per heavy atom. The monoisotopic (exact) mass is 181 g/mol. The quantitative estimate of drug-likeness (QED) is 0.716. The number of nitrogens with zero attached hydrogens (tertiary/aromatic N) is 2. The SMILES string of the molecule is Cc1nc(C2CC2C)nc(N)c1F. The summed E-state index contributed by atoms with van der Waals surface area (Å²) in [6.45, 7) is 3.74. The molecule has 70 valence electrons. The molecule has 13 heavy (non-hydrogen) atoms. The molecule has 1 aliphatic rings. The Balaban J connectivity index is 2.39. The van der Waals surface area contributed by atoms with Crippen molar-refractivity contribution in [3.05, 3.63) is 17.3 Å². The predicted octanol–water partition coefficient (Wildman–Crippen LogP) is 1.63. The zero-order valence-corrected chi connectivity index (χ0v) is 7.71. The van der Waals surface area contributed by atoms with Gasteiger partial charge in [-0.05, 0) is 19.3 Å². The lowest BCUT2D eigenvalue weighted by Crippen LogP contribution is -2.05. The van der Waals surface area contributed by atoms with Crippen LogP contribution in [0.3, 0.4) is 0 Å². The summed E-state index contributed by atoms with van der Waals surface area (Å²) < 4.78 is 13.0. The van der Waals surface area contributed by atoms with Gasteiger partial charge in [-0.15, -0.1) is 0 Å². The minimum Gasteiger partial charge on any atom is -0.381 e. The Morgan fingerprint density at radius 3 is 2.54 bits per heavy atom. The van der Waals surface area contributed by atoms with Crippen LogP contribution in [0.5, 0.6) is 0 Å². The van der Waals surface area contributed by atoms with Gasteiger partial charge in [-0.25, -0.2) is 14.4 Å². The highest BCUT2D eigenvalue weighted by Gasteiger charge is 2.37. The topological polar surface area (TPSA) is 51.8 Å². The summed E-state index contributed by atoms with van der Waals surface area (Å²) >= 11 is 0. The van der Waals surface area contributed by atoms with Crippen LogP contribution in [0.25, 0.3) is 0 Å².